The van der Waals surface area contributed by atoms with Gasteiger partial charge in [0.05, 0.1) is 5.02 Å². The molecule has 0 radical (unpaired) electrons. The van der Waals surface area contributed by atoms with Gasteiger partial charge in [0.1, 0.15) is 17.2 Å². The number of phenols is 2. The molecule has 0 fully saturated rings. The zero-order valence-corrected chi connectivity index (χ0v) is 10.7. The summed E-state index contributed by atoms with van der Waals surface area (Å²) in [5.74, 6) is 0.174. The molecular weight excluding hydrogens is 282 g/mol. The molecule has 1 aromatic carbocycles. The van der Waals surface area contributed by atoms with Crippen LogP contribution in [0.15, 0.2) is 41.1 Å². The summed E-state index contributed by atoms with van der Waals surface area (Å²) in [6.45, 7) is 0. The molecule has 0 spiro atoms. The van der Waals surface area contributed by atoms with Crippen molar-refractivity contribution in [3.63, 3.8) is 0 Å². The third kappa shape index (κ3) is 2.28. The predicted octanol–water partition coefficient (Wildman–Crippen LogP) is 2.86. The molecule has 6 nitrogen and oxygen atoms in total. The van der Waals surface area contributed by atoms with Gasteiger partial charge in [0.15, 0.2) is 0 Å². The van der Waals surface area contributed by atoms with Crippen molar-refractivity contribution in [3.05, 3.63) is 41.6 Å². The minimum absolute atomic E-state index is 0.101. The summed E-state index contributed by atoms with van der Waals surface area (Å²) in [6.07, 6.45) is 1.57. The second-order valence-corrected chi connectivity index (χ2v) is 4.40. The summed E-state index contributed by atoms with van der Waals surface area (Å²) in [7, 11) is 0. The number of hydrogen-bond acceptors (Lipinski definition) is 6. The Bertz CT molecular complexity index is 753. The molecule has 0 unspecified atom stereocenters. The normalized spacial score (nSPS) is 10.7. The lowest BCUT2D eigenvalue weighted by Gasteiger charge is -1.98. The van der Waals surface area contributed by atoms with E-state index < -0.39 is 0 Å². The lowest BCUT2D eigenvalue weighted by molar-refractivity contribution is 0.428. The van der Waals surface area contributed by atoms with Crippen molar-refractivity contribution in [1.82, 2.24) is 15.1 Å². The summed E-state index contributed by atoms with van der Waals surface area (Å²) in [5.41, 5.74) is 0.793. The fourth-order valence-electron chi connectivity index (χ4n) is 1.71. The molecule has 0 aliphatic rings. The number of nitrogens with zero attached hydrogens (tertiary/aromatic N) is 3. The quantitative estimate of drug-likeness (QED) is 0.753. The maximum Gasteiger partial charge on any atom is 0.258 e. The zero-order chi connectivity index (χ0) is 14.1. The Labute approximate surface area is 118 Å². The van der Waals surface area contributed by atoms with E-state index in [0.29, 0.717) is 16.3 Å². The summed E-state index contributed by atoms with van der Waals surface area (Å²) in [4.78, 5) is 8.22. The monoisotopic (exact) mass is 289 g/mol. The first-order valence-electron chi connectivity index (χ1n) is 5.61. The molecule has 2 heterocycles. The fraction of sp³-hybridized carbons (Fsp3) is 0. The summed E-state index contributed by atoms with van der Waals surface area (Å²) >= 11 is 6.00. The molecule has 3 rings (SSSR count). The van der Waals surface area contributed by atoms with E-state index in [9.17, 15) is 10.2 Å². The Kier molecular flexibility index (Phi) is 3.00. The number of pyridine rings is 1. The van der Waals surface area contributed by atoms with Crippen LogP contribution in [-0.4, -0.2) is 25.3 Å². The summed E-state index contributed by atoms with van der Waals surface area (Å²) in [5, 5.41) is 23.1. The highest BCUT2D eigenvalue weighted by atomic mass is 35.5. The van der Waals surface area contributed by atoms with E-state index in [0.717, 1.165) is 0 Å². The van der Waals surface area contributed by atoms with Gasteiger partial charge in [-0.25, -0.2) is 0 Å². The highest BCUT2D eigenvalue weighted by Gasteiger charge is 2.15. The van der Waals surface area contributed by atoms with E-state index in [1.165, 1.54) is 18.2 Å². The van der Waals surface area contributed by atoms with E-state index in [1.807, 2.05) is 0 Å². The van der Waals surface area contributed by atoms with Crippen molar-refractivity contribution in [3.8, 4) is 34.5 Å². The Morgan fingerprint density at radius 2 is 1.85 bits per heavy atom. The van der Waals surface area contributed by atoms with Crippen LogP contribution in [0.1, 0.15) is 0 Å². The Morgan fingerprint density at radius 3 is 2.55 bits per heavy atom. The van der Waals surface area contributed by atoms with Crippen LogP contribution in [0.2, 0.25) is 5.02 Å². The number of hydrogen-bond donors (Lipinski definition) is 2. The number of aromatic nitrogens is 3. The van der Waals surface area contributed by atoms with Crippen molar-refractivity contribution >= 4 is 11.6 Å². The van der Waals surface area contributed by atoms with E-state index in [2.05, 4.69) is 15.1 Å². The van der Waals surface area contributed by atoms with Crippen molar-refractivity contribution in [1.29, 1.82) is 0 Å². The average Bonchev–Trinajstić information content (AvgIpc) is 2.87. The van der Waals surface area contributed by atoms with Crippen molar-refractivity contribution in [2.24, 2.45) is 0 Å². The van der Waals surface area contributed by atoms with Gasteiger partial charge in [-0.05, 0) is 24.3 Å². The highest BCUT2D eigenvalue weighted by molar-refractivity contribution is 6.32. The third-order valence-electron chi connectivity index (χ3n) is 2.55. The molecular formula is C13H8ClN3O3. The van der Waals surface area contributed by atoms with Crippen LogP contribution in [0.25, 0.3) is 23.0 Å². The number of halogens is 1. The van der Waals surface area contributed by atoms with Gasteiger partial charge in [0, 0.05) is 17.8 Å². The van der Waals surface area contributed by atoms with Gasteiger partial charge >= 0.3 is 0 Å². The largest absolute Gasteiger partial charge is 0.508 e. The van der Waals surface area contributed by atoms with Gasteiger partial charge in [-0.2, -0.15) is 4.98 Å². The van der Waals surface area contributed by atoms with Crippen LogP contribution >= 0.6 is 11.6 Å². The minimum atomic E-state index is -0.101. The lowest BCUT2D eigenvalue weighted by atomic mass is 10.2. The standard InChI is InChI=1S/C13H8ClN3O3/c14-10-2-1-3-15-11(10)12-16-13(20-17-12)7-4-8(18)6-9(19)5-7/h1-6,18-19H. The van der Waals surface area contributed by atoms with Crippen molar-refractivity contribution in [2.45, 2.75) is 0 Å². The van der Waals surface area contributed by atoms with Gasteiger partial charge < -0.3 is 14.7 Å². The van der Waals surface area contributed by atoms with E-state index in [-0.39, 0.29) is 23.2 Å². The molecule has 0 bridgehead atoms. The molecule has 20 heavy (non-hydrogen) atoms. The second-order valence-electron chi connectivity index (χ2n) is 4.00. The molecule has 3 aromatic rings. The van der Waals surface area contributed by atoms with Gasteiger partial charge in [0.25, 0.3) is 5.89 Å². The van der Waals surface area contributed by atoms with E-state index in [4.69, 9.17) is 16.1 Å². The smallest absolute Gasteiger partial charge is 0.258 e. The van der Waals surface area contributed by atoms with Crippen LogP contribution in [-0.2, 0) is 0 Å². The van der Waals surface area contributed by atoms with Crippen LogP contribution in [0.5, 0.6) is 11.5 Å². The van der Waals surface area contributed by atoms with Crippen molar-refractivity contribution in [2.75, 3.05) is 0 Å². The van der Waals surface area contributed by atoms with Gasteiger partial charge in [-0.1, -0.05) is 16.8 Å². The van der Waals surface area contributed by atoms with E-state index in [1.54, 1.807) is 18.3 Å². The molecule has 0 saturated carbocycles. The molecule has 0 aliphatic carbocycles. The fourth-order valence-corrected chi connectivity index (χ4v) is 1.91. The summed E-state index contributed by atoms with van der Waals surface area (Å²) < 4.78 is 5.09. The van der Waals surface area contributed by atoms with Gasteiger partial charge in [-0.15, -0.1) is 0 Å². The Balaban J connectivity index is 2.04. The molecule has 0 saturated heterocycles. The van der Waals surface area contributed by atoms with Gasteiger partial charge in [-0.3, -0.25) is 4.98 Å². The Morgan fingerprint density at radius 1 is 1.10 bits per heavy atom. The number of rotatable bonds is 2. The van der Waals surface area contributed by atoms with Crippen molar-refractivity contribution < 1.29 is 14.7 Å². The minimum Gasteiger partial charge on any atom is -0.508 e. The molecule has 2 aromatic heterocycles. The Hall–Kier alpha value is -2.60. The molecule has 0 amide bonds. The van der Waals surface area contributed by atoms with Crippen LogP contribution in [0.3, 0.4) is 0 Å². The third-order valence-corrected chi connectivity index (χ3v) is 2.85. The summed E-state index contributed by atoms with van der Waals surface area (Å²) in [6, 6.07) is 7.37. The van der Waals surface area contributed by atoms with E-state index >= 15 is 0 Å². The second kappa shape index (κ2) is 4.82. The lowest BCUT2D eigenvalue weighted by Crippen LogP contribution is -1.86. The van der Waals surface area contributed by atoms with Crippen LogP contribution < -0.4 is 0 Å². The van der Waals surface area contributed by atoms with Crippen LogP contribution in [0.4, 0.5) is 0 Å². The average molecular weight is 290 g/mol. The maximum absolute atomic E-state index is 9.44. The zero-order valence-electron chi connectivity index (χ0n) is 9.99. The molecule has 100 valence electrons. The number of benzene rings is 1. The number of aromatic hydroxyl groups is 2. The maximum atomic E-state index is 9.44. The first kappa shape index (κ1) is 12.4. The van der Waals surface area contributed by atoms with Gasteiger partial charge in [0.2, 0.25) is 5.82 Å². The first-order valence-corrected chi connectivity index (χ1v) is 5.99. The molecule has 7 heteroatoms. The molecule has 2 N–H and O–H groups in total. The number of phenolic OH excluding ortho intramolecular Hbond substituents is 2. The SMILES string of the molecule is Oc1cc(O)cc(-c2nc(-c3ncccc3Cl)no2)c1. The predicted molar refractivity (Wildman–Crippen MR) is 71.3 cm³/mol. The van der Waals surface area contributed by atoms with Crippen LogP contribution in [0, 0.1) is 0 Å². The molecule has 0 aliphatic heterocycles. The first-order chi connectivity index (χ1) is 9.63. The topological polar surface area (TPSA) is 92.3 Å². The molecule has 0 atom stereocenters. The highest BCUT2D eigenvalue weighted by Crippen LogP contribution is 2.29.